The van der Waals surface area contributed by atoms with Crippen molar-refractivity contribution in [2.45, 2.75) is 17.4 Å². The zero-order chi connectivity index (χ0) is 20.0. The molecule has 1 aliphatic heterocycles. The third kappa shape index (κ3) is 3.36. The summed E-state index contributed by atoms with van der Waals surface area (Å²) in [5.74, 6) is 0. The van der Waals surface area contributed by atoms with Crippen molar-refractivity contribution < 1.29 is 13.5 Å². The fourth-order valence-corrected chi connectivity index (χ4v) is 5.74. The summed E-state index contributed by atoms with van der Waals surface area (Å²) >= 11 is 1.58. The molecule has 1 atom stereocenters. The van der Waals surface area contributed by atoms with Gasteiger partial charge in [-0.1, -0.05) is 0 Å². The van der Waals surface area contributed by atoms with E-state index in [1.54, 1.807) is 35.7 Å². The van der Waals surface area contributed by atoms with E-state index in [1.165, 1.54) is 4.31 Å². The zero-order valence-electron chi connectivity index (χ0n) is 15.3. The number of nitrogens with zero attached hydrogens (tertiary/aromatic N) is 3. The molecule has 5 rings (SSSR count). The second-order valence-electron chi connectivity index (χ2n) is 7.00. The Morgan fingerprint density at radius 2 is 2.00 bits per heavy atom. The van der Waals surface area contributed by atoms with Crippen LogP contribution in [0.5, 0.6) is 0 Å². The van der Waals surface area contributed by atoms with Crippen LogP contribution in [0.3, 0.4) is 0 Å². The van der Waals surface area contributed by atoms with Crippen molar-refractivity contribution in [3.63, 3.8) is 0 Å². The van der Waals surface area contributed by atoms with Crippen LogP contribution in [-0.2, 0) is 10.0 Å². The number of rotatable bonds is 4. The number of aromatic nitrogens is 2. The van der Waals surface area contributed by atoms with Crippen molar-refractivity contribution in [3.8, 4) is 0 Å². The molecule has 3 heterocycles. The number of hydrogen-bond acceptors (Lipinski definition) is 7. The highest BCUT2D eigenvalue weighted by molar-refractivity contribution is 7.89. The summed E-state index contributed by atoms with van der Waals surface area (Å²) in [6.45, 7) is 0.458. The van der Waals surface area contributed by atoms with Crippen molar-refractivity contribution >= 4 is 53.9 Å². The SMILES string of the molecule is O=S(=O)(c1ccc2nccc(Nc3ccc4scnc4c3)c2c1)N1CCC(O)C1. The molecule has 7 nitrogen and oxygen atoms in total. The first-order valence-corrected chi connectivity index (χ1v) is 11.5. The van der Waals surface area contributed by atoms with Gasteiger partial charge in [0.1, 0.15) is 0 Å². The summed E-state index contributed by atoms with van der Waals surface area (Å²) in [4.78, 5) is 8.90. The van der Waals surface area contributed by atoms with E-state index in [4.69, 9.17) is 0 Å². The second kappa shape index (κ2) is 7.03. The Bertz CT molecular complexity index is 1320. The van der Waals surface area contributed by atoms with E-state index >= 15 is 0 Å². The van der Waals surface area contributed by atoms with E-state index in [1.807, 2.05) is 29.8 Å². The summed E-state index contributed by atoms with van der Waals surface area (Å²) in [6.07, 6.45) is 1.54. The lowest BCUT2D eigenvalue weighted by Crippen LogP contribution is -2.29. The van der Waals surface area contributed by atoms with Gasteiger partial charge in [0.15, 0.2) is 0 Å². The Morgan fingerprint density at radius 1 is 1.10 bits per heavy atom. The van der Waals surface area contributed by atoms with Crippen molar-refractivity contribution in [2.24, 2.45) is 0 Å². The van der Waals surface area contributed by atoms with Crippen LogP contribution in [0.1, 0.15) is 6.42 Å². The Morgan fingerprint density at radius 3 is 2.83 bits per heavy atom. The van der Waals surface area contributed by atoms with Crippen molar-refractivity contribution in [1.82, 2.24) is 14.3 Å². The number of fused-ring (bicyclic) bond motifs is 2. The van der Waals surface area contributed by atoms with Gasteiger partial charge >= 0.3 is 0 Å². The molecule has 4 aromatic rings. The number of aliphatic hydroxyl groups excluding tert-OH is 1. The first-order chi connectivity index (χ1) is 14.0. The van der Waals surface area contributed by atoms with Gasteiger partial charge in [0.2, 0.25) is 10.0 Å². The molecule has 0 amide bonds. The van der Waals surface area contributed by atoms with Crippen molar-refractivity contribution in [2.75, 3.05) is 18.4 Å². The molecule has 2 aromatic heterocycles. The summed E-state index contributed by atoms with van der Waals surface area (Å²) < 4.78 is 28.4. The minimum atomic E-state index is -3.66. The average Bonchev–Trinajstić information content (AvgIpc) is 3.36. The fourth-order valence-electron chi connectivity index (χ4n) is 3.56. The number of nitrogens with one attached hydrogen (secondary N) is 1. The van der Waals surface area contributed by atoms with Crippen LogP contribution in [0.25, 0.3) is 21.1 Å². The molecule has 2 N–H and O–H groups in total. The van der Waals surface area contributed by atoms with Crippen LogP contribution in [-0.4, -0.2) is 47.0 Å². The topological polar surface area (TPSA) is 95.4 Å². The van der Waals surface area contributed by atoms with Crippen LogP contribution in [0, 0.1) is 0 Å². The smallest absolute Gasteiger partial charge is 0.243 e. The molecule has 1 aliphatic rings. The lowest BCUT2D eigenvalue weighted by atomic mass is 10.2. The zero-order valence-corrected chi connectivity index (χ0v) is 16.9. The summed E-state index contributed by atoms with van der Waals surface area (Å²) in [5, 5.41) is 13.8. The molecule has 1 unspecified atom stereocenters. The van der Waals surface area contributed by atoms with Crippen LogP contribution in [0.2, 0.25) is 0 Å². The summed E-state index contributed by atoms with van der Waals surface area (Å²) in [7, 11) is -3.66. The average molecular weight is 427 g/mol. The number of anilines is 2. The molecule has 1 fully saturated rings. The molecule has 29 heavy (non-hydrogen) atoms. The molecular formula is C20H18N4O3S2. The fraction of sp³-hybridized carbons (Fsp3) is 0.200. The summed E-state index contributed by atoms with van der Waals surface area (Å²) in [6, 6.07) is 12.7. The Hall–Kier alpha value is -2.59. The minimum Gasteiger partial charge on any atom is -0.392 e. The van der Waals surface area contributed by atoms with Crippen molar-refractivity contribution in [3.05, 3.63) is 54.2 Å². The van der Waals surface area contributed by atoms with Gasteiger partial charge in [-0.3, -0.25) is 4.98 Å². The number of benzene rings is 2. The predicted octanol–water partition coefficient (Wildman–Crippen LogP) is 3.34. The monoisotopic (exact) mass is 426 g/mol. The predicted molar refractivity (Wildman–Crippen MR) is 114 cm³/mol. The molecule has 0 saturated carbocycles. The van der Waals surface area contributed by atoms with Crippen LogP contribution < -0.4 is 5.32 Å². The Labute approximate surface area is 171 Å². The van der Waals surface area contributed by atoms with E-state index in [-0.39, 0.29) is 11.4 Å². The Kier molecular flexibility index (Phi) is 4.47. The van der Waals surface area contributed by atoms with Gasteiger partial charge < -0.3 is 10.4 Å². The van der Waals surface area contributed by atoms with Gasteiger partial charge in [0.25, 0.3) is 0 Å². The highest BCUT2D eigenvalue weighted by atomic mass is 32.2. The van der Waals surface area contributed by atoms with E-state index in [0.29, 0.717) is 23.9 Å². The number of hydrogen-bond donors (Lipinski definition) is 2. The standard InChI is InChI=1S/C20H18N4O3S2/c25-14-6-8-24(11-14)29(26,27)15-2-3-17-16(10-15)18(5-7-21-17)23-13-1-4-20-19(9-13)22-12-28-20/h1-5,7,9-10,12,14,25H,6,8,11H2,(H,21,23). The molecule has 0 radical (unpaired) electrons. The second-order valence-corrected chi connectivity index (χ2v) is 9.83. The third-order valence-corrected chi connectivity index (χ3v) is 7.76. The molecular weight excluding hydrogens is 408 g/mol. The maximum atomic E-state index is 13.0. The molecule has 148 valence electrons. The summed E-state index contributed by atoms with van der Waals surface area (Å²) in [5.41, 5.74) is 5.05. The molecule has 0 bridgehead atoms. The lowest BCUT2D eigenvalue weighted by molar-refractivity contribution is 0.189. The normalized spacial score (nSPS) is 17.9. The first-order valence-electron chi connectivity index (χ1n) is 9.18. The lowest BCUT2D eigenvalue weighted by Gasteiger charge is -2.17. The van der Waals surface area contributed by atoms with Crippen LogP contribution in [0.4, 0.5) is 11.4 Å². The van der Waals surface area contributed by atoms with Gasteiger partial charge in [-0.15, -0.1) is 11.3 Å². The van der Waals surface area contributed by atoms with E-state index in [9.17, 15) is 13.5 Å². The van der Waals surface area contributed by atoms with Crippen LogP contribution in [0.15, 0.2) is 59.1 Å². The highest BCUT2D eigenvalue weighted by Gasteiger charge is 2.31. The highest BCUT2D eigenvalue weighted by Crippen LogP contribution is 2.30. The van der Waals surface area contributed by atoms with E-state index < -0.39 is 16.1 Å². The van der Waals surface area contributed by atoms with E-state index in [0.717, 1.165) is 21.6 Å². The molecule has 9 heteroatoms. The number of sulfonamides is 1. The van der Waals surface area contributed by atoms with Gasteiger partial charge in [-0.05, 0) is 48.9 Å². The van der Waals surface area contributed by atoms with Crippen molar-refractivity contribution in [1.29, 1.82) is 0 Å². The molecule has 2 aromatic carbocycles. The third-order valence-electron chi connectivity index (χ3n) is 5.09. The molecule has 0 spiro atoms. The minimum absolute atomic E-state index is 0.131. The van der Waals surface area contributed by atoms with Gasteiger partial charge in [-0.25, -0.2) is 13.4 Å². The van der Waals surface area contributed by atoms with Crippen LogP contribution >= 0.6 is 11.3 Å². The number of pyridine rings is 1. The first kappa shape index (κ1) is 18.4. The van der Waals surface area contributed by atoms with Gasteiger partial charge in [0.05, 0.1) is 32.2 Å². The van der Waals surface area contributed by atoms with E-state index in [2.05, 4.69) is 15.3 Å². The Balaban J connectivity index is 1.55. The maximum Gasteiger partial charge on any atom is 0.243 e. The number of β-amino-alcohol motifs (C(OH)–C–C–N with tert-alkyl or cyclic N) is 1. The maximum absolute atomic E-state index is 13.0. The largest absolute Gasteiger partial charge is 0.392 e. The quantitative estimate of drug-likeness (QED) is 0.520. The van der Waals surface area contributed by atoms with Gasteiger partial charge in [0, 0.05) is 36.0 Å². The molecule has 1 saturated heterocycles. The number of thiazole rings is 1. The molecule has 0 aliphatic carbocycles. The number of aliphatic hydroxyl groups is 1. The van der Waals surface area contributed by atoms with Gasteiger partial charge in [-0.2, -0.15) is 4.31 Å².